The van der Waals surface area contributed by atoms with Crippen LogP contribution in [0.5, 0.6) is 0 Å². The molecule has 134 valence electrons. The SMILES string of the molecule is COC(=O)CCN(CCCN(C)C)C(=O)c1ccc(F)c(F)c1F. The van der Waals surface area contributed by atoms with E-state index in [2.05, 4.69) is 4.74 Å². The van der Waals surface area contributed by atoms with Gasteiger partial charge in [-0.3, -0.25) is 9.59 Å². The van der Waals surface area contributed by atoms with Gasteiger partial charge in [-0.25, -0.2) is 13.2 Å². The first kappa shape index (κ1) is 20.0. The van der Waals surface area contributed by atoms with Crippen LogP contribution in [0.25, 0.3) is 0 Å². The molecule has 0 aliphatic rings. The molecule has 8 heteroatoms. The van der Waals surface area contributed by atoms with E-state index in [-0.39, 0.29) is 19.5 Å². The Morgan fingerprint density at radius 2 is 1.71 bits per heavy atom. The van der Waals surface area contributed by atoms with Crippen LogP contribution in [0.15, 0.2) is 12.1 Å². The normalized spacial score (nSPS) is 10.8. The van der Waals surface area contributed by atoms with Crippen molar-refractivity contribution in [3.63, 3.8) is 0 Å². The predicted molar refractivity (Wildman–Crippen MR) is 82.0 cm³/mol. The van der Waals surface area contributed by atoms with Crippen molar-refractivity contribution >= 4 is 11.9 Å². The molecule has 0 aromatic heterocycles. The molecule has 1 aromatic carbocycles. The highest BCUT2D eigenvalue weighted by atomic mass is 19.2. The first-order valence-corrected chi connectivity index (χ1v) is 7.42. The Hall–Kier alpha value is -2.09. The van der Waals surface area contributed by atoms with Crippen molar-refractivity contribution in [2.24, 2.45) is 0 Å². The number of hydrogen-bond acceptors (Lipinski definition) is 4. The number of amides is 1. The van der Waals surface area contributed by atoms with Crippen molar-refractivity contribution in [2.75, 3.05) is 40.8 Å². The van der Waals surface area contributed by atoms with Crippen LogP contribution in [0.1, 0.15) is 23.2 Å². The number of rotatable bonds is 8. The molecule has 0 N–H and O–H groups in total. The lowest BCUT2D eigenvalue weighted by molar-refractivity contribution is -0.140. The van der Waals surface area contributed by atoms with Crippen LogP contribution < -0.4 is 0 Å². The predicted octanol–water partition coefficient (Wildman–Crippen LogP) is 2.06. The summed E-state index contributed by atoms with van der Waals surface area (Å²) in [7, 11) is 4.93. The quantitative estimate of drug-likeness (QED) is 0.534. The van der Waals surface area contributed by atoms with Crippen molar-refractivity contribution in [2.45, 2.75) is 12.8 Å². The Balaban J connectivity index is 2.93. The third-order valence-corrected chi connectivity index (χ3v) is 3.40. The van der Waals surface area contributed by atoms with Gasteiger partial charge in [0.05, 0.1) is 19.1 Å². The van der Waals surface area contributed by atoms with E-state index in [4.69, 9.17) is 0 Å². The summed E-state index contributed by atoms with van der Waals surface area (Å²) in [6, 6.07) is 1.59. The molecule has 0 unspecified atom stereocenters. The molecule has 0 spiro atoms. The molecular formula is C16H21F3N2O3. The summed E-state index contributed by atoms with van der Waals surface area (Å²) < 4.78 is 44.7. The fourth-order valence-corrected chi connectivity index (χ4v) is 2.08. The highest BCUT2D eigenvalue weighted by Gasteiger charge is 2.23. The van der Waals surface area contributed by atoms with Crippen LogP contribution in [0.3, 0.4) is 0 Å². The van der Waals surface area contributed by atoms with Crippen LogP contribution in [0, 0.1) is 17.5 Å². The van der Waals surface area contributed by atoms with Crippen molar-refractivity contribution in [3.8, 4) is 0 Å². The number of ether oxygens (including phenoxy) is 1. The fourth-order valence-electron chi connectivity index (χ4n) is 2.08. The maximum Gasteiger partial charge on any atom is 0.307 e. The van der Waals surface area contributed by atoms with Crippen LogP contribution >= 0.6 is 0 Å². The summed E-state index contributed by atoms with van der Waals surface area (Å²) in [6.45, 7) is 0.909. The molecule has 0 aliphatic heterocycles. The number of halogens is 3. The lowest BCUT2D eigenvalue weighted by Crippen LogP contribution is -2.36. The van der Waals surface area contributed by atoms with Gasteiger partial charge in [-0.15, -0.1) is 0 Å². The minimum absolute atomic E-state index is 0.00261. The number of esters is 1. The highest BCUT2D eigenvalue weighted by molar-refractivity contribution is 5.94. The number of methoxy groups -OCH3 is 1. The third-order valence-electron chi connectivity index (χ3n) is 3.40. The monoisotopic (exact) mass is 346 g/mol. The van der Waals surface area contributed by atoms with Gasteiger partial charge >= 0.3 is 5.97 Å². The Labute approximate surface area is 139 Å². The molecule has 0 saturated carbocycles. The van der Waals surface area contributed by atoms with E-state index in [0.717, 1.165) is 6.07 Å². The Kier molecular flexibility index (Phi) is 7.70. The summed E-state index contributed by atoms with van der Waals surface area (Å²) in [5.41, 5.74) is -0.566. The molecule has 1 aromatic rings. The fraction of sp³-hybridized carbons (Fsp3) is 0.500. The van der Waals surface area contributed by atoms with Crippen LogP contribution in [-0.4, -0.2) is 62.5 Å². The molecule has 0 bridgehead atoms. The van der Waals surface area contributed by atoms with Crippen molar-refractivity contribution < 1.29 is 27.5 Å². The first-order chi connectivity index (χ1) is 11.3. The van der Waals surface area contributed by atoms with Gasteiger partial charge in [0.2, 0.25) is 0 Å². The van der Waals surface area contributed by atoms with Crippen LogP contribution in [-0.2, 0) is 9.53 Å². The molecule has 0 heterocycles. The Bertz CT molecular complexity index is 594. The summed E-state index contributed by atoms with van der Waals surface area (Å²) in [5, 5.41) is 0. The van der Waals surface area contributed by atoms with Gasteiger partial charge in [-0.2, -0.15) is 0 Å². The van der Waals surface area contributed by atoms with Crippen LogP contribution in [0.2, 0.25) is 0 Å². The number of benzene rings is 1. The van der Waals surface area contributed by atoms with Gasteiger partial charge < -0.3 is 14.5 Å². The van der Waals surface area contributed by atoms with Gasteiger partial charge in [-0.05, 0) is 39.2 Å². The molecule has 0 aliphatic carbocycles. The molecule has 5 nitrogen and oxygen atoms in total. The van der Waals surface area contributed by atoms with E-state index in [0.29, 0.717) is 19.0 Å². The Morgan fingerprint density at radius 1 is 1.04 bits per heavy atom. The number of hydrogen-bond donors (Lipinski definition) is 0. The standard InChI is InChI=1S/C16H21F3N2O3/c1-20(2)8-4-9-21(10-7-13(22)24-3)16(23)11-5-6-12(17)15(19)14(11)18/h5-6H,4,7-10H2,1-3H3. The number of carbonyl (C=O) groups excluding carboxylic acids is 2. The molecule has 0 fully saturated rings. The van der Waals surface area contributed by atoms with Gasteiger partial charge in [0.1, 0.15) is 0 Å². The zero-order chi connectivity index (χ0) is 18.3. The molecule has 1 amide bonds. The van der Waals surface area contributed by atoms with Gasteiger partial charge in [0.15, 0.2) is 17.5 Å². The maximum absolute atomic E-state index is 13.8. The van der Waals surface area contributed by atoms with Gasteiger partial charge in [0, 0.05) is 13.1 Å². The zero-order valence-corrected chi connectivity index (χ0v) is 13.9. The summed E-state index contributed by atoms with van der Waals surface area (Å²) in [5.74, 6) is -5.91. The second-order valence-corrected chi connectivity index (χ2v) is 5.50. The molecule has 0 saturated heterocycles. The Morgan fingerprint density at radius 3 is 2.29 bits per heavy atom. The average Bonchev–Trinajstić information content (AvgIpc) is 2.54. The largest absolute Gasteiger partial charge is 0.469 e. The van der Waals surface area contributed by atoms with Crippen LogP contribution in [0.4, 0.5) is 13.2 Å². The summed E-state index contributed by atoms with van der Waals surface area (Å²) in [6.07, 6.45) is 0.501. The number of nitrogens with zero attached hydrogens (tertiary/aromatic N) is 2. The summed E-state index contributed by atoms with van der Waals surface area (Å²) in [4.78, 5) is 26.8. The second kappa shape index (κ2) is 9.27. The lowest BCUT2D eigenvalue weighted by atomic mass is 10.1. The third kappa shape index (κ3) is 5.52. The number of carbonyl (C=O) groups is 2. The van der Waals surface area contributed by atoms with E-state index in [9.17, 15) is 22.8 Å². The maximum atomic E-state index is 13.8. The molecule has 24 heavy (non-hydrogen) atoms. The van der Waals surface area contributed by atoms with E-state index in [1.54, 1.807) is 0 Å². The molecule has 0 radical (unpaired) electrons. The van der Waals surface area contributed by atoms with E-state index in [1.807, 2.05) is 19.0 Å². The minimum atomic E-state index is -1.69. The van der Waals surface area contributed by atoms with Crippen molar-refractivity contribution in [3.05, 3.63) is 35.1 Å². The van der Waals surface area contributed by atoms with Crippen molar-refractivity contribution in [1.82, 2.24) is 9.80 Å². The van der Waals surface area contributed by atoms with E-state index < -0.39 is 34.9 Å². The minimum Gasteiger partial charge on any atom is -0.469 e. The summed E-state index contributed by atoms with van der Waals surface area (Å²) >= 11 is 0. The van der Waals surface area contributed by atoms with E-state index in [1.165, 1.54) is 12.0 Å². The lowest BCUT2D eigenvalue weighted by Gasteiger charge is -2.23. The second-order valence-electron chi connectivity index (χ2n) is 5.50. The zero-order valence-electron chi connectivity index (χ0n) is 13.9. The highest BCUT2D eigenvalue weighted by Crippen LogP contribution is 2.17. The van der Waals surface area contributed by atoms with E-state index >= 15 is 0 Å². The topological polar surface area (TPSA) is 49.9 Å². The molecule has 1 rings (SSSR count). The first-order valence-electron chi connectivity index (χ1n) is 7.42. The van der Waals surface area contributed by atoms with Gasteiger partial charge in [0.25, 0.3) is 5.91 Å². The molecule has 0 atom stereocenters. The molecular weight excluding hydrogens is 325 g/mol. The smallest absolute Gasteiger partial charge is 0.307 e. The van der Waals surface area contributed by atoms with Gasteiger partial charge in [-0.1, -0.05) is 0 Å². The van der Waals surface area contributed by atoms with Crippen molar-refractivity contribution in [1.29, 1.82) is 0 Å². The average molecular weight is 346 g/mol.